The minimum absolute atomic E-state index is 0.279. The molecule has 0 radical (unpaired) electrons. The van der Waals surface area contributed by atoms with Crippen LogP contribution in [0.3, 0.4) is 0 Å². The zero-order valence-electron chi connectivity index (χ0n) is 8.77. The lowest BCUT2D eigenvalue weighted by atomic mass is 10.2. The van der Waals surface area contributed by atoms with Gasteiger partial charge in [-0.2, -0.15) is 0 Å². The molecule has 0 fully saturated rings. The number of benzene rings is 1. The Morgan fingerprint density at radius 2 is 2.06 bits per heavy atom. The molecule has 0 aliphatic rings. The number of hydrogen-bond acceptors (Lipinski definition) is 3. The molecule has 2 rings (SSSR count). The van der Waals surface area contributed by atoms with E-state index in [0.717, 1.165) is 5.56 Å². The summed E-state index contributed by atoms with van der Waals surface area (Å²) in [5, 5.41) is 0. The average Bonchev–Trinajstić information content (AvgIpc) is 2.22. The minimum Gasteiger partial charge on any atom is -0.457 e. The van der Waals surface area contributed by atoms with Crippen LogP contribution in [0.4, 0.5) is 10.2 Å². The summed E-state index contributed by atoms with van der Waals surface area (Å²) in [4.78, 5) is 3.86. The van der Waals surface area contributed by atoms with Crippen molar-refractivity contribution in [2.45, 2.75) is 6.92 Å². The summed E-state index contributed by atoms with van der Waals surface area (Å²) in [7, 11) is 0. The van der Waals surface area contributed by atoms with E-state index in [2.05, 4.69) is 4.98 Å². The highest BCUT2D eigenvalue weighted by Crippen LogP contribution is 2.25. The number of anilines is 1. The van der Waals surface area contributed by atoms with E-state index in [9.17, 15) is 4.39 Å². The second-order valence-corrected chi connectivity index (χ2v) is 3.43. The van der Waals surface area contributed by atoms with Gasteiger partial charge in [0.25, 0.3) is 0 Å². The Morgan fingerprint density at radius 3 is 2.75 bits per heavy atom. The van der Waals surface area contributed by atoms with Gasteiger partial charge in [0, 0.05) is 12.3 Å². The van der Waals surface area contributed by atoms with Crippen molar-refractivity contribution in [3.63, 3.8) is 0 Å². The maximum absolute atomic E-state index is 12.9. The topological polar surface area (TPSA) is 48.1 Å². The standard InChI is InChI=1S/C12H11FN2O/c1-8-6-9(13)2-3-11(8)16-10-4-5-15-12(14)7-10/h2-7H,1H3,(H2,14,15). The highest BCUT2D eigenvalue weighted by molar-refractivity contribution is 5.41. The fraction of sp³-hybridized carbons (Fsp3) is 0.0833. The van der Waals surface area contributed by atoms with Crippen LogP contribution < -0.4 is 10.5 Å². The van der Waals surface area contributed by atoms with E-state index in [0.29, 0.717) is 17.3 Å². The highest BCUT2D eigenvalue weighted by Gasteiger charge is 2.03. The average molecular weight is 218 g/mol. The molecule has 3 nitrogen and oxygen atoms in total. The van der Waals surface area contributed by atoms with Crippen LogP contribution in [0.5, 0.6) is 11.5 Å². The molecule has 0 saturated carbocycles. The van der Waals surface area contributed by atoms with Crippen LogP contribution in [-0.4, -0.2) is 4.98 Å². The summed E-state index contributed by atoms with van der Waals surface area (Å²) in [5.41, 5.74) is 6.26. The molecule has 1 aromatic heterocycles. The first kappa shape index (κ1) is 10.4. The number of nitrogens with zero attached hydrogens (tertiary/aromatic N) is 1. The van der Waals surface area contributed by atoms with Crippen LogP contribution in [-0.2, 0) is 0 Å². The lowest BCUT2D eigenvalue weighted by Crippen LogP contribution is -1.92. The molecule has 0 amide bonds. The van der Waals surface area contributed by atoms with Crippen molar-refractivity contribution in [2.24, 2.45) is 0 Å². The number of halogens is 1. The third-order valence-corrected chi connectivity index (χ3v) is 2.12. The van der Waals surface area contributed by atoms with Crippen molar-refractivity contribution >= 4 is 5.82 Å². The first-order chi connectivity index (χ1) is 7.65. The molecule has 0 spiro atoms. The van der Waals surface area contributed by atoms with Gasteiger partial charge in [-0.15, -0.1) is 0 Å². The molecule has 82 valence electrons. The Hall–Kier alpha value is -2.10. The second-order valence-electron chi connectivity index (χ2n) is 3.43. The van der Waals surface area contributed by atoms with Gasteiger partial charge in [0.2, 0.25) is 0 Å². The molecule has 1 heterocycles. The van der Waals surface area contributed by atoms with Gasteiger partial charge in [-0.1, -0.05) is 0 Å². The zero-order chi connectivity index (χ0) is 11.5. The smallest absolute Gasteiger partial charge is 0.132 e. The maximum atomic E-state index is 12.9. The van der Waals surface area contributed by atoms with Gasteiger partial charge < -0.3 is 10.5 Å². The third kappa shape index (κ3) is 2.28. The summed E-state index contributed by atoms with van der Waals surface area (Å²) in [6.07, 6.45) is 1.56. The number of rotatable bonds is 2. The monoisotopic (exact) mass is 218 g/mol. The Morgan fingerprint density at radius 1 is 1.25 bits per heavy atom. The van der Waals surface area contributed by atoms with Crippen molar-refractivity contribution in [3.05, 3.63) is 47.9 Å². The van der Waals surface area contributed by atoms with Gasteiger partial charge in [0.05, 0.1) is 0 Å². The second kappa shape index (κ2) is 4.18. The number of nitrogens with two attached hydrogens (primary N) is 1. The Bertz CT molecular complexity index is 514. The Kier molecular flexibility index (Phi) is 2.72. The van der Waals surface area contributed by atoms with Crippen LogP contribution in [0.25, 0.3) is 0 Å². The minimum atomic E-state index is -0.279. The van der Waals surface area contributed by atoms with E-state index < -0.39 is 0 Å². The predicted molar refractivity (Wildman–Crippen MR) is 59.9 cm³/mol. The summed E-state index contributed by atoms with van der Waals surface area (Å²) in [6.45, 7) is 1.78. The number of aromatic nitrogens is 1. The lowest BCUT2D eigenvalue weighted by molar-refractivity contribution is 0.476. The number of nitrogen functional groups attached to an aromatic ring is 1. The first-order valence-electron chi connectivity index (χ1n) is 4.81. The molecule has 0 aliphatic heterocycles. The van der Waals surface area contributed by atoms with Crippen LogP contribution in [0.1, 0.15) is 5.56 Å². The highest BCUT2D eigenvalue weighted by atomic mass is 19.1. The van der Waals surface area contributed by atoms with Crippen LogP contribution >= 0.6 is 0 Å². The summed E-state index contributed by atoms with van der Waals surface area (Å²) in [6, 6.07) is 7.66. The maximum Gasteiger partial charge on any atom is 0.132 e. The molecule has 0 saturated heterocycles. The lowest BCUT2D eigenvalue weighted by Gasteiger charge is -2.08. The molecule has 2 aromatic rings. The van der Waals surface area contributed by atoms with Gasteiger partial charge in [-0.3, -0.25) is 0 Å². The molecule has 4 heteroatoms. The van der Waals surface area contributed by atoms with Crippen molar-refractivity contribution in [3.8, 4) is 11.5 Å². The zero-order valence-corrected chi connectivity index (χ0v) is 8.77. The summed E-state index contributed by atoms with van der Waals surface area (Å²) < 4.78 is 18.4. The van der Waals surface area contributed by atoms with E-state index in [1.54, 1.807) is 31.3 Å². The van der Waals surface area contributed by atoms with E-state index in [4.69, 9.17) is 10.5 Å². The van der Waals surface area contributed by atoms with E-state index in [-0.39, 0.29) is 5.82 Å². The molecular formula is C12H11FN2O. The van der Waals surface area contributed by atoms with Crippen LogP contribution in [0.15, 0.2) is 36.5 Å². The number of ether oxygens (including phenoxy) is 1. The van der Waals surface area contributed by atoms with Gasteiger partial charge in [0.1, 0.15) is 23.1 Å². The number of pyridine rings is 1. The number of aryl methyl sites for hydroxylation is 1. The fourth-order valence-corrected chi connectivity index (χ4v) is 1.35. The van der Waals surface area contributed by atoms with E-state index in [1.807, 2.05) is 0 Å². The summed E-state index contributed by atoms with van der Waals surface area (Å²) in [5.74, 6) is 1.30. The summed E-state index contributed by atoms with van der Waals surface area (Å²) >= 11 is 0. The van der Waals surface area contributed by atoms with Crippen LogP contribution in [0, 0.1) is 12.7 Å². The van der Waals surface area contributed by atoms with Crippen molar-refractivity contribution in [2.75, 3.05) is 5.73 Å². The van der Waals surface area contributed by atoms with Crippen LogP contribution in [0.2, 0.25) is 0 Å². The molecule has 0 unspecified atom stereocenters. The Labute approximate surface area is 92.7 Å². The van der Waals surface area contributed by atoms with Crippen molar-refractivity contribution in [1.29, 1.82) is 0 Å². The predicted octanol–water partition coefficient (Wildman–Crippen LogP) is 2.90. The van der Waals surface area contributed by atoms with E-state index in [1.165, 1.54) is 12.1 Å². The molecule has 16 heavy (non-hydrogen) atoms. The van der Waals surface area contributed by atoms with Crippen molar-refractivity contribution < 1.29 is 9.13 Å². The van der Waals surface area contributed by atoms with Gasteiger partial charge in [-0.25, -0.2) is 9.37 Å². The fourth-order valence-electron chi connectivity index (χ4n) is 1.35. The SMILES string of the molecule is Cc1cc(F)ccc1Oc1ccnc(N)c1. The molecular weight excluding hydrogens is 207 g/mol. The molecule has 0 bridgehead atoms. The van der Waals surface area contributed by atoms with Gasteiger partial charge in [-0.05, 0) is 36.8 Å². The van der Waals surface area contributed by atoms with Gasteiger partial charge >= 0.3 is 0 Å². The molecule has 1 aromatic carbocycles. The largest absolute Gasteiger partial charge is 0.457 e. The molecule has 2 N–H and O–H groups in total. The van der Waals surface area contributed by atoms with E-state index >= 15 is 0 Å². The normalized spacial score (nSPS) is 10.1. The first-order valence-corrected chi connectivity index (χ1v) is 4.81. The Balaban J connectivity index is 2.27. The number of hydrogen-bond donors (Lipinski definition) is 1. The third-order valence-electron chi connectivity index (χ3n) is 2.12. The molecule has 0 aliphatic carbocycles. The van der Waals surface area contributed by atoms with Crippen molar-refractivity contribution in [1.82, 2.24) is 4.98 Å². The van der Waals surface area contributed by atoms with Gasteiger partial charge in [0.15, 0.2) is 0 Å². The quantitative estimate of drug-likeness (QED) is 0.843. The molecule has 0 atom stereocenters.